The monoisotopic (exact) mass is 430 g/mol. The van der Waals surface area contributed by atoms with Crippen LogP contribution >= 0.6 is 0 Å². The number of hydrogen-bond donors (Lipinski definition) is 1. The third kappa shape index (κ3) is 7.43. The normalized spacial score (nSPS) is 20.4. The second kappa shape index (κ2) is 11.6. The number of ether oxygens (including phenoxy) is 1. The van der Waals surface area contributed by atoms with Gasteiger partial charge in [-0.1, -0.05) is 72.6 Å². The van der Waals surface area contributed by atoms with Gasteiger partial charge in [-0.2, -0.15) is 0 Å². The van der Waals surface area contributed by atoms with Gasteiger partial charge in [0, 0.05) is 5.56 Å². The van der Waals surface area contributed by atoms with Crippen LogP contribution < -0.4 is 4.74 Å². The molecule has 1 aliphatic rings. The van der Waals surface area contributed by atoms with Gasteiger partial charge in [0.1, 0.15) is 17.1 Å². The summed E-state index contributed by atoms with van der Waals surface area (Å²) in [4.78, 5) is 0. The first-order chi connectivity index (χ1) is 14.5. The first kappa shape index (κ1) is 26.1. The fraction of sp³-hybridized carbons (Fsp3) is 0.793. The number of aromatic hydroxyl groups is 1. The van der Waals surface area contributed by atoms with E-state index >= 15 is 0 Å². The Bertz CT molecular complexity index is 705. The van der Waals surface area contributed by atoms with E-state index in [4.69, 9.17) is 4.74 Å². The summed E-state index contributed by atoms with van der Waals surface area (Å²) in [6.07, 6.45) is 14.1. The number of fused-ring (bicyclic) bond motifs is 1. The molecule has 0 saturated heterocycles. The van der Waals surface area contributed by atoms with Gasteiger partial charge in [-0.15, -0.1) is 0 Å². The van der Waals surface area contributed by atoms with Crippen LogP contribution in [0.15, 0.2) is 0 Å². The molecule has 1 heterocycles. The maximum atomic E-state index is 10.4. The number of phenolic OH excluding ortho intramolecular Hbond substituents is 1. The van der Waals surface area contributed by atoms with E-state index in [1.54, 1.807) is 0 Å². The van der Waals surface area contributed by atoms with E-state index in [1.165, 1.54) is 56.9 Å². The van der Waals surface area contributed by atoms with Crippen molar-refractivity contribution < 1.29 is 9.84 Å². The zero-order valence-corrected chi connectivity index (χ0v) is 21.9. The van der Waals surface area contributed by atoms with Crippen molar-refractivity contribution in [3.63, 3.8) is 0 Å². The van der Waals surface area contributed by atoms with Crippen molar-refractivity contribution >= 4 is 0 Å². The number of rotatable bonds is 12. The lowest BCUT2D eigenvalue weighted by Gasteiger charge is -2.38. The van der Waals surface area contributed by atoms with Gasteiger partial charge in [0.05, 0.1) is 0 Å². The number of phenols is 1. The highest BCUT2D eigenvalue weighted by Gasteiger charge is 2.34. The predicted molar refractivity (Wildman–Crippen MR) is 134 cm³/mol. The van der Waals surface area contributed by atoms with Crippen LogP contribution in [0.25, 0.3) is 0 Å². The minimum absolute atomic E-state index is 0.0712. The first-order valence-electron chi connectivity index (χ1n) is 13.0. The highest BCUT2D eigenvalue weighted by molar-refractivity contribution is 5.58. The fourth-order valence-corrected chi connectivity index (χ4v) is 5.27. The van der Waals surface area contributed by atoms with Gasteiger partial charge >= 0.3 is 0 Å². The van der Waals surface area contributed by atoms with Crippen molar-refractivity contribution in [2.24, 2.45) is 17.8 Å². The zero-order chi connectivity index (χ0) is 23.2. The summed E-state index contributed by atoms with van der Waals surface area (Å²) in [6, 6.07) is 0. The molecular weight excluding hydrogens is 380 g/mol. The topological polar surface area (TPSA) is 29.5 Å². The third-order valence-electron chi connectivity index (χ3n) is 7.87. The molecule has 3 atom stereocenters. The molecule has 1 aromatic carbocycles. The second-order valence-electron chi connectivity index (χ2n) is 11.4. The van der Waals surface area contributed by atoms with Crippen LogP contribution in [-0.2, 0) is 6.42 Å². The zero-order valence-electron chi connectivity index (χ0n) is 21.9. The van der Waals surface area contributed by atoms with Crippen molar-refractivity contribution in [1.29, 1.82) is 0 Å². The molecule has 0 spiro atoms. The Hall–Kier alpha value is -1.18. The van der Waals surface area contributed by atoms with Crippen LogP contribution in [0.1, 0.15) is 121 Å². The van der Waals surface area contributed by atoms with Gasteiger partial charge in [0.2, 0.25) is 0 Å². The quantitative estimate of drug-likeness (QED) is 0.359. The summed E-state index contributed by atoms with van der Waals surface area (Å²) in [5, 5.41) is 10.4. The molecule has 2 rings (SSSR count). The van der Waals surface area contributed by atoms with Crippen LogP contribution in [-0.4, -0.2) is 10.7 Å². The molecule has 0 aliphatic carbocycles. The summed E-state index contributed by atoms with van der Waals surface area (Å²) in [7, 11) is 0. The lowest BCUT2D eigenvalue weighted by Crippen LogP contribution is -2.37. The lowest BCUT2D eigenvalue weighted by atomic mass is 9.84. The molecule has 2 heteroatoms. The van der Waals surface area contributed by atoms with Crippen molar-refractivity contribution in [3.8, 4) is 11.5 Å². The maximum absolute atomic E-state index is 10.4. The molecule has 0 saturated carbocycles. The Morgan fingerprint density at radius 3 is 1.94 bits per heavy atom. The molecule has 0 amide bonds. The third-order valence-corrected chi connectivity index (χ3v) is 7.87. The smallest absolute Gasteiger partial charge is 0.127 e. The minimum atomic E-state index is -0.0712. The summed E-state index contributed by atoms with van der Waals surface area (Å²) in [6.45, 7) is 17.9. The van der Waals surface area contributed by atoms with Crippen LogP contribution in [0.2, 0.25) is 0 Å². The van der Waals surface area contributed by atoms with E-state index in [2.05, 4.69) is 41.5 Å². The van der Waals surface area contributed by atoms with Crippen LogP contribution in [0, 0.1) is 38.5 Å². The molecular formula is C29H50O2. The molecule has 31 heavy (non-hydrogen) atoms. The average molecular weight is 431 g/mol. The Kier molecular flexibility index (Phi) is 9.77. The Morgan fingerprint density at radius 2 is 1.35 bits per heavy atom. The van der Waals surface area contributed by atoms with E-state index in [9.17, 15) is 5.11 Å². The Balaban J connectivity index is 1.74. The summed E-state index contributed by atoms with van der Waals surface area (Å²) in [5.74, 6) is 4.04. The van der Waals surface area contributed by atoms with E-state index in [1.807, 2.05) is 13.8 Å². The molecule has 2 nitrogen and oxygen atoms in total. The summed E-state index contributed by atoms with van der Waals surface area (Å²) in [5.41, 5.74) is 4.23. The second-order valence-corrected chi connectivity index (χ2v) is 11.4. The van der Waals surface area contributed by atoms with Gasteiger partial charge in [-0.25, -0.2) is 0 Å². The SMILES string of the molecule is Cc1c(C)c2c(c(C)c1O)CC[C@](C)(CCC[C@H](C)CCC[C@H](C)CCCC(C)C)O2. The van der Waals surface area contributed by atoms with Crippen molar-refractivity contribution in [2.75, 3.05) is 0 Å². The maximum Gasteiger partial charge on any atom is 0.127 e. The first-order valence-corrected chi connectivity index (χ1v) is 13.0. The molecule has 0 unspecified atom stereocenters. The van der Waals surface area contributed by atoms with Crippen LogP contribution in [0.3, 0.4) is 0 Å². The highest BCUT2D eigenvalue weighted by atomic mass is 16.5. The van der Waals surface area contributed by atoms with Gasteiger partial charge in [0.15, 0.2) is 0 Å². The molecule has 178 valence electrons. The van der Waals surface area contributed by atoms with Crippen molar-refractivity contribution in [1.82, 2.24) is 0 Å². The molecule has 1 aliphatic heterocycles. The number of hydrogen-bond acceptors (Lipinski definition) is 2. The van der Waals surface area contributed by atoms with Gasteiger partial charge in [0.25, 0.3) is 0 Å². The molecule has 0 radical (unpaired) electrons. The largest absolute Gasteiger partial charge is 0.507 e. The molecule has 1 aromatic rings. The van der Waals surface area contributed by atoms with Crippen LogP contribution in [0.5, 0.6) is 11.5 Å². The molecule has 0 bridgehead atoms. The van der Waals surface area contributed by atoms with E-state index in [0.717, 1.165) is 59.5 Å². The van der Waals surface area contributed by atoms with Crippen LogP contribution in [0.4, 0.5) is 0 Å². The average Bonchev–Trinajstić information content (AvgIpc) is 2.70. The fourth-order valence-electron chi connectivity index (χ4n) is 5.27. The van der Waals surface area contributed by atoms with Gasteiger partial charge < -0.3 is 9.84 Å². The molecule has 0 aromatic heterocycles. The summed E-state index contributed by atoms with van der Waals surface area (Å²) >= 11 is 0. The minimum Gasteiger partial charge on any atom is -0.507 e. The van der Waals surface area contributed by atoms with Crippen molar-refractivity contribution in [3.05, 3.63) is 22.3 Å². The Morgan fingerprint density at radius 1 is 0.806 bits per heavy atom. The van der Waals surface area contributed by atoms with Gasteiger partial charge in [-0.05, 0) is 87.8 Å². The van der Waals surface area contributed by atoms with Crippen molar-refractivity contribution in [2.45, 2.75) is 132 Å². The number of benzene rings is 1. The van der Waals surface area contributed by atoms with E-state index < -0.39 is 0 Å². The van der Waals surface area contributed by atoms with Gasteiger partial charge in [-0.3, -0.25) is 0 Å². The Labute approximate surface area is 193 Å². The standard InChI is InChI=1S/C29H50O2/c1-20(2)12-9-13-21(3)14-10-15-22(4)16-11-18-29(8)19-17-26-25(7)27(30)23(5)24(6)28(26)31-29/h20-22,30H,9-19H2,1-8H3/t21-,22-,29+/m1/s1. The van der Waals surface area contributed by atoms with E-state index in [-0.39, 0.29) is 5.60 Å². The predicted octanol–water partition coefficient (Wildman–Crippen LogP) is 8.84. The highest BCUT2D eigenvalue weighted by Crippen LogP contribution is 2.44. The lowest BCUT2D eigenvalue weighted by molar-refractivity contribution is 0.0512. The molecule has 0 fully saturated rings. The van der Waals surface area contributed by atoms with E-state index in [0.29, 0.717) is 5.75 Å². The molecule has 1 N–H and O–H groups in total. The summed E-state index contributed by atoms with van der Waals surface area (Å²) < 4.78 is 6.60.